The molecule has 1 amide bonds. The van der Waals surface area contributed by atoms with Crippen molar-refractivity contribution < 1.29 is 4.79 Å². The number of carbonyl (C=O) groups is 1. The first-order valence-corrected chi connectivity index (χ1v) is 8.49. The molecule has 0 saturated heterocycles. The van der Waals surface area contributed by atoms with Crippen LogP contribution in [-0.4, -0.2) is 18.7 Å². The van der Waals surface area contributed by atoms with Gasteiger partial charge in [0.2, 0.25) is 0 Å². The Morgan fingerprint density at radius 2 is 2.14 bits per heavy atom. The first kappa shape index (κ1) is 17.0. The van der Waals surface area contributed by atoms with Crippen molar-refractivity contribution in [2.45, 2.75) is 6.92 Å². The standard InChI is InChI=1S/C16H15BrIN3O/c1-11-7-14(18)5-6-15(11)19-10-16(22)21-20-9-12-3-2-4-13(17)8-12/h2-9,19H,10H2,1H3,(H,21,22)/b20-9+. The fraction of sp³-hybridized carbons (Fsp3) is 0.125. The number of hydrogen-bond donors (Lipinski definition) is 2. The van der Waals surface area contributed by atoms with E-state index in [0.717, 1.165) is 21.3 Å². The third-order valence-electron chi connectivity index (χ3n) is 2.88. The number of halogens is 2. The van der Waals surface area contributed by atoms with Gasteiger partial charge in [-0.15, -0.1) is 0 Å². The first-order valence-electron chi connectivity index (χ1n) is 6.62. The molecule has 0 radical (unpaired) electrons. The molecule has 0 aliphatic rings. The molecule has 0 spiro atoms. The summed E-state index contributed by atoms with van der Waals surface area (Å²) in [6.45, 7) is 2.19. The Kier molecular flexibility index (Phi) is 6.38. The SMILES string of the molecule is Cc1cc(I)ccc1NCC(=O)N/N=C/c1cccc(Br)c1. The first-order chi connectivity index (χ1) is 10.5. The minimum Gasteiger partial charge on any atom is -0.376 e. The monoisotopic (exact) mass is 471 g/mol. The Hall–Kier alpha value is -1.41. The average Bonchev–Trinajstić information content (AvgIpc) is 2.46. The van der Waals surface area contributed by atoms with Crippen LogP contribution < -0.4 is 10.7 Å². The Morgan fingerprint density at radius 3 is 2.86 bits per heavy atom. The van der Waals surface area contributed by atoms with Crippen LogP contribution in [-0.2, 0) is 4.79 Å². The van der Waals surface area contributed by atoms with Gasteiger partial charge in [-0.25, -0.2) is 5.43 Å². The van der Waals surface area contributed by atoms with Gasteiger partial charge in [0, 0.05) is 13.7 Å². The lowest BCUT2D eigenvalue weighted by Gasteiger charge is -2.08. The van der Waals surface area contributed by atoms with Crippen molar-refractivity contribution in [2.24, 2.45) is 5.10 Å². The molecule has 0 atom stereocenters. The Labute approximate surface area is 151 Å². The maximum atomic E-state index is 11.8. The fourth-order valence-corrected chi connectivity index (χ4v) is 2.87. The third-order valence-corrected chi connectivity index (χ3v) is 4.04. The molecule has 4 nitrogen and oxygen atoms in total. The molecule has 0 saturated carbocycles. The number of hydrazone groups is 1. The molecule has 2 aromatic rings. The molecule has 0 aromatic heterocycles. The highest BCUT2D eigenvalue weighted by Gasteiger charge is 2.02. The van der Waals surface area contributed by atoms with Gasteiger partial charge in [-0.1, -0.05) is 28.1 Å². The van der Waals surface area contributed by atoms with Crippen LogP contribution >= 0.6 is 38.5 Å². The maximum Gasteiger partial charge on any atom is 0.259 e. The molecule has 0 unspecified atom stereocenters. The van der Waals surface area contributed by atoms with Gasteiger partial charge in [0.1, 0.15) is 0 Å². The zero-order valence-electron chi connectivity index (χ0n) is 11.9. The second-order valence-corrected chi connectivity index (χ2v) is 6.82. The summed E-state index contributed by atoms with van der Waals surface area (Å²) in [6.07, 6.45) is 1.61. The highest BCUT2D eigenvalue weighted by Crippen LogP contribution is 2.17. The lowest BCUT2D eigenvalue weighted by Crippen LogP contribution is -2.26. The second-order valence-electron chi connectivity index (χ2n) is 4.66. The molecule has 0 aliphatic heterocycles. The van der Waals surface area contributed by atoms with E-state index in [1.165, 1.54) is 3.57 Å². The van der Waals surface area contributed by atoms with Crippen LogP contribution in [0.3, 0.4) is 0 Å². The molecular weight excluding hydrogens is 457 g/mol. The van der Waals surface area contributed by atoms with Gasteiger partial charge in [-0.05, 0) is 71.0 Å². The number of carbonyl (C=O) groups excluding carboxylic acids is 1. The summed E-state index contributed by atoms with van der Waals surface area (Å²) in [5.41, 5.74) is 5.48. The number of rotatable bonds is 5. The Balaban J connectivity index is 1.83. The van der Waals surface area contributed by atoms with Gasteiger partial charge in [0.15, 0.2) is 0 Å². The summed E-state index contributed by atoms with van der Waals surface area (Å²) in [5.74, 6) is -0.191. The topological polar surface area (TPSA) is 53.5 Å². The van der Waals surface area contributed by atoms with E-state index in [9.17, 15) is 4.79 Å². The van der Waals surface area contributed by atoms with E-state index in [4.69, 9.17) is 0 Å². The molecule has 0 fully saturated rings. The van der Waals surface area contributed by atoms with Crippen LogP contribution in [0.4, 0.5) is 5.69 Å². The summed E-state index contributed by atoms with van der Waals surface area (Å²) in [4.78, 5) is 11.8. The van der Waals surface area contributed by atoms with Crippen molar-refractivity contribution in [1.82, 2.24) is 5.43 Å². The molecule has 6 heteroatoms. The predicted octanol–water partition coefficient (Wildman–Crippen LogP) is 3.92. The molecule has 0 bridgehead atoms. The van der Waals surface area contributed by atoms with Gasteiger partial charge < -0.3 is 5.32 Å². The fourth-order valence-electron chi connectivity index (χ4n) is 1.81. The van der Waals surface area contributed by atoms with Gasteiger partial charge in [0.25, 0.3) is 5.91 Å². The van der Waals surface area contributed by atoms with E-state index in [0.29, 0.717) is 0 Å². The molecular formula is C16H15BrIN3O. The van der Waals surface area contributed by atoms with E-state index in [2.05, 4.69) is 60.4 Å². The minimum atomic E-state index is -0.191. The number of hydrogen-bond acceptors (Lipinski definition) is 3. The van der Waals surface area contributed by atoms with Crippen LogP contribution in [0.15, 0.2) is 52.0 Å². The number of benzene rings is 2. The summed E-state index contributed by atoms with van der Waals surface area (Å²) in [6, 6.07) is 13.7. The number of aryl methyl sites for hydroxylation is 1. The average molecular weight is 472 g/mol. The van der Waals surface area contributed by atoms with E-state index < -0.39 is 0 Å². The van der Waals surface area contributed by atoms with Crippen LogP contribution in [0.25, 0.3) is 0 Å². The Bertz CT molecular complexity index is 704. The summed E-state index contributed by atoms with van der Waals surface area (Å²) < 4.78 is 2.14. The summed E-state index contributed by atoms with van der Waals surface area (Å²) in [7, 11) is 0. The highest BCUT2D eigenvalue weighted by molar-refractivity contribution is 14.1. The number of amides is 1. The normalized spacial score (nSPS) is 10.7. The van der Waals surface area contributed by atoms with Gasteiger partial charge in [-0.2, -0.15) is 5.10 Å². The van der Waals surface area contributed by atoms with Crippen molar-refractivity contribution in [1.29, 1.82) is 0 Å². The highest BCUT2D eigenvalue weighted by atomic mass is 127. The molecule has 2 N–H and O–H groups in total. The van der Waals surface area contributed by atoms with E-state index in [-0.39, 0.29) is 12.5 Å². The molecule has 0 aliphatic carbocycles. The van der Waals surface area contributed by atoms with E-state index in [1.54, 1.807) is 6.21 Å². The Morgan fingerprint density at radius 1 is 1.32 bits per heavy atom. The zero-order valence-corrected chi connectivity index (χ0v) is 15.7. The van der Waals surface area contributed by atoms with Crippen molar-refractivity contribution in [2.75, 3.05) is 11.9 Å². The lowest BCUT2D eigenvalue weighted by atomic mass is 10.2. The largest absolute Gasteiger partial charge is 0.376 e. The quantitative estimate of drug-likeness (QED) is 0.394. The third kappa shape index (κ3) is 5.42. The second kappa shape index (κ2) is 8.28. The number of anilines is 1. The number of nitrogens with zero attached hydrogens (tertiary/aromatic N) is 1. The van der Waals surface area contributed by atoms with Gasteiger partial charge in [-0.3, -0.25) is 4.79 Å². The van der Waals surface area contributed by atoms with Crippen LogP contribution in [0.1, 0.15) is 11.1 Å². The molecule has 0 heterocycles. The van der Waals surface area contributed by atoms with Crippen LogP contribution in [0.5, 0.6) is 0 Å². The van der Waals surface area contributed by atoms with Gasteiger partial charge in [0.05, 0.1) is 12.8 Å². The lowest BCUT2D eigenvalue weighted by molar-refractivity contribution is -0.119. The molecule has 114 valence electrons. The van der Waals surface area contributed by atoms with Crippen molar-refractivity contribution >= 4 is 56.3 Å². The molecule has 2 rings (SSSR count). The van der Waals surface area contributed by atoms with Crippen molar-refractivity contribution in [3.8, 4) is 0 Å². The van der Waals surface area contributed by atoms with Crippen LogP contribution in [0, 0.1) is 10.5 Å². The molecule has 2 aromatic carbocycles. The zero-order chi connectivity index (χ0) is 15.9. The van der Waals surface area contributed by atoms with Crippen LogP contribution in [0.2, 0.25) is 0 Å². The summed E-state index contributed by atoms with van der Waals surface area (Å²) in [5, 5.41) is 7.05. The van der Waals surface area contributed by atoms with E-state index in [1.807, 2.05) is 43.3 Å². The molecule has 22 heavy (non-hydrogen) atoms. The smallest absolute Gasteiger partial charge is 0.259 e. The predicted molar refractivity (Wildman–Crippen MR) is 102 cm³/mol. The van der Waals surface area contributed by atoms with E-state index >= 15 is 0 Å². The van der Waals surface area contributed by atoms with Crippen molar-refractivity contribution in [3.63, 3.8) is 0 Å². The minimum absolute atomic E-state index is 0.178. The number of nitrogens with one attached hydrogen (secondary N) is 2. The van der Waals surface area contributed by atoms with Crippen molar-refractivity contribution in [3.05, 3.63) is 61.6 Å². The maximum absolute atomic E-state index is 11.8. The van der Waals surface area contributed by atoms with Gasteiger partial charge >= 0.3 is 0 Å². The summed E-state index contributed by atoms with van der Waals surface area (Å²) >= 11 is 5.65.